The Balaban J connectivity index is 0.000000475. The molecule has 7 heterocycles. The van der Waals surface area contributed by atoms with Crippen LogP contribution in [0.5, 0.6) is 0 Å². The Hall–Kier alpha value is -8.79. The molecule has 521 valence electrons. The molecular weight excluding hydrogens is 1460 g/mol. The van der Waals surface area contributed by atoms with Crippen molar-refractivity contribution in [1.29, 1.82) is 0 Å². The van der Waals surface area contributed by atoms with E-state index in [1.807, 2.05) is 37.9 Å². The first-order chi connectivity index (χ1) is 48.2. The van der Waals surface area contributed by atoms with Gasteiger partial charge in [0.2, 0.25) is 0 Å². The normalized spacial score (nSPS) is 14.1. The molecule has 3 aromatic heterocycles. The number of furan rings is 1. The van der Waals surface area contributed by atoms with Gasteiger partial charge in [0.1, 0.15) is 5.58 Å². The summed E-state index contributed by atoms with van der Waals surface area (Å²) in [4.78, 5) is 17.7. The largest absolute Gasteiger partial charge is 0.501 e. The number of aromatic nitrogens is 3. The van der Waals surface area contributed by atoms with Crippen LogP contribution in [0.25, 0.3) is 72.4 Å². The van der Waals surface area contributed by atoms with E-state index in [4.69, 9.17) is 9.40 Å². The van der Waals surface area contributed by atoms with Gasteiger partial charge in [-0.1, -0.05) is 238 Å². The molecule has 0 fully saturated rings. The second-order valence-corrected chi connectivity index (χ2v) is 35.5. The van der Waals surface area contributed by atoms with Gasteiger partial charge < -0.3 is 23.8 Å². The topological polar surface area (TPSA) is 50.3 Å². The van der Waals surface area contributed by atoms with Gasteiger partial charge in [-0.25, -0.2) is 0 Å². The Labute approximate surface area is 627 Å². The van der Waals surface area contributed by atoms with Crippen molar-refractivity contribution >= 4 is 102 Å². The van der Waals surface area contributed by atoms with Crippen molar-refractivity contribution in [3.05, 3.63) is 250 Å². The molecule has 0 spiro atoms. The predicted molar refractivity (Wildman–Crippen MR) is 429 cm³/mol. The fraction of sp³-hybridized carbons (Fsp3) is 0.290. The molecule has 4 aliphatic heterocycles. The molecule has 0 bridgehead atoms. The van der Waals surface area contributed by atoms with Crippen LogP contribution in [-0.2, 0) is 47.2 Å². The van der Waals surface area contributed by atoms with Crippen molar-refractivity contribution in [3.63, 3.8) is 0 Å². The molecule has 10 aromatic carbocycles. The van der Waals surface area contributed by atoms with Crippen LogP contribution in [-0.4, -0.2) is 21.2 Å². The fourth-order valence-electron chi connectivity index (χ4n) is 16.1. The van der Waals surface area contributed by atoms with Gasteiger partial charge in [0.25, 0.3) is 6.71 Å². The van der Waals surface area contributed by atoms with E-state index >= 15 is 0 Å². The van der Waals surface area contributed by atoms with Gasteiger partial charge in [0.05, 0.1) is 39.5 Å². The van der Waals surface area contributed by atoms with E-state index in [-0.39, 0.29) is 59.7 Å². The zero-order chi connectivity index (χ0) is 71.9. The Morgan fingerprint density at radius 1 is 0.544 bits per heavy atom. The number of fused-ring (bicyclic) bond motifs is 12. The summed E-state index contributed by atoms with van der Waals surface area (Å²) in [6, 6.07) is 69.5. The molecule has 0 saturated heterocycles. The maximum Gasteiger partial charge on any atom is 0.252 e. The van der Waals surface area contributed by atoms with Crippen LogP contribution < -0.4 is 26.2 Å². The van der Waals surface area contributed by atoms with Crippen LogP contribution in [0, 0.1) is 31.8 Å². The van der Waals surface area contributed by atoms with E-state index in [9.17, 15) is 4.39 Å². The van der Waals surface area contributed by atoms with E-state index in [2.05, 4.69) is 302 Å². The summed E-state index contributed by atoms with van der Waals surface area (Å²) >= 11 is 1.96. The summed E-state index contributed by atoms with van der Waals surface area (Å²) in [5.74, 6) is 1.14. The minimum Gasteiger partial charge on any atom is -0.501 e. The molecule has 0 saturated carbocycles. The van der Waals surface area contributed by atoms with Gasteiger partial charge in [0, 0.05) is 75.5 Å². The first kappa shape index (κ1) is 69.9. The number of hydrogen-bond acceptors (Lipinski definition) is 6. The second kappa shape index (κ2) is 24.7. The van der Waals surface area contributed by atoms with Gasteiger partial charge in [0.15, 0.2) is 0 Å². The van der Waals surface area contributed by atoms with Crippen LogP contribution in [0.3, 0.4) is 0 Å². The zero-order valence-electron chi connectivity index (χ0n) is 63.2. The smallest absolute Gasteiger partial charge is 0.252 e. The summed E-state index contributed by atoms with van der Waals surface area (Å²) in [6.07, 6.45) is 1.82. The van der Waals surface area contributed by atoms with Gasteiger partial charge in [-0.05, 0) is 185 Å². The Bertz CT molecular complexity index is 5620. The standard InChI is InChI=1S/C80H80BN4OS.C13H11FN.Ir/c1-44(2)52-23-21-24-53(45(3)4)71(52)85-63-28-20-19-27-61(63)82-75(85)56-26-22-25-55-54-32-29-46(37-67(54)86-74(55)56)47-35-65-70-66(36-47)84-64-34-31-49(77(8,9)10)42-68(64)87-69-43-51(79(14,15)16)41-60(73(69)84)81(70)59-40-50(78(11,12)13)39-58-72(59)83(65)62-33-30-48(76(5,6)7)38-57(62)80(58,17)18;1-9-7-13(15-8-10(9)2)11-3-5-12(14)6-4-11;/h19-25,27-45H,1-18H3;3,5-8H,1-2H3;/q2*-1;. The number of nitrogens with zero attached hydrogens (tertiary/aromatic N) is 5. The summed E-state index contributed by atoms with van der Waals surface area (Å²) in [7, 11) is 0. The number of imidazole rings is 1. The van der Waals surface area contributed by atoms with Crippen molar-refractivity contribution in [2.24, 2.45) is 0 Å². The van der Waals surface area contributed by atoms with Crippen molar-refractivity contribution in [1.82, 2.24) is 14.5 Å². The maximum atomic E-state index is 12.7. The summed E-state index contributed by atoms with van der Waals surface area (Å²) < 4.78 is 22.4. The quantitative estimate of drug-likeness (QED) is 0.122. The molecule has 6 nitrogen and oxygen atoms in total. The van der Waals surface area contributed by atoms with Gasteiger partial charge in [-0.2, -0.15) is 0 Å². The van der Waals surface area contributed by atoms with E-state index in [0.717, 1.165) is 72.3 Å². The van der Waals surface area contributed by atoms with Crippen molar-refractivity contribution in [2.45, 2.75) is 187 Å². The summed E-state index contributed by atoms with van der Waals surface area (Å²) in [6.45, 7) is 46.5. The SMILES string of the molecule is CC(C)c1cccc(C(C)C)c1-n1c(-c2[c-]ccc3c2oc2cc(-c4cc5c6c(c4)N4c7ccc(C(C)(C)C)cc7C(C)(C)c7cc(C(C)(C)C)cc(c74)B6c4cc(C(C)(C)C)cc6c4N5c4ccc(C(C)(C)C)cc4S6)ccc23)nc2ccccc21.Cc1cnc(-c2[c-]cc(F)cc2)cc1C.[Ir]. The van der Waals surface area contributed by atoms with Gasteiger partial charge in [-0.15, -0.1) is 48.0 Å². The van der Waals surface area contributed by atoms with Gasteiger partial charge >= 0.3 is 0 Å². The molecule has 0 unspecified atom stereocenters. The molecule has 0 aliphatic carbocycles. The number of benzene rings is 10. The molecule has 0 atom stereocenters. The molecule has 0 amide bonds. The minimum absolute atomic E-state index is 0. The second-order valence-electron chi connectivity index (χ2n) is 34.4. The number of anilines is 6. The van der Waals surface area contributed by atoms with Gasteiger partial charge in [-0.3, -0.25) is 9.37 Å². The Kier molecular flexibility index (Phi) is 16.7. The van der Waals surface area contributed by atoms with E-state index in [0.29, 0.717) is 11.8 Å². The minimum atomic E-state index is -0.301. The van der Waals surface area contributed by atoms with E-state index in [1.54, 1.807) is 6.07 Å². The predicted octanol–water partition coefficient (Wildman–Crippen LogP) is 24.0. The molecule has 103 heavy (non-hydrogen) atoms. The van der Waals surface area contributed by atoms with Crippen LogP contribution >= 0.6 is 11.8 Å². The molecule has 0 N–H and O–H groups in total. The Morgan fingerprint density at radius 2 is 1.16 bits per heavy atom. The summed E-state index contributed by atoms with van der Waals surface area (Å²) in [5.41, 5.74) is 33.8. The third kappa shape index (κ3) is 11.5. The third-order valence-corrected chi connectivity index (χ3v) is 23.3. The first-order valence-corrected chi connectivity index (χ1v) is 37.3. The first-order valence-electron chi connectivity index (χ1n) is 36.5. The average Bonchev–Trinajstić information content (AvgIpc) is 1.22. The molecule has 4 aliphatic rings. The number of halogens is 1. The number of para-hydroxylation sites is 3. The number of pyridine rings is 1. The van der Waals surface area contributed by atoms with Crippen LogP contribution in [0.4, 0.5) is 38.5 Å². The molecule has 10 heteroatoms. The van der Waals surface area contributed by atoms with E-state index in [1.165, 1.54) is 128 Å². The number of hydrogen-bond donors (Lipinski definition) is 0. The molecular formula is C93H91BFIrN5OS-2. The fourth-order valence-corrected chi connectivity index (χ4v) is 17.3. The number of aryl methyl sites for hydroxylation is 2. The van der Waals surface area contributed by atoms with E-state index < -0.39 is 0 Å². The van der Waals surface area contributed by atoms with Crippen LogP contribution in [0.2, 0.25) is 0 Å². The zero-order valence-corrected chi connectivity index (χ0v) is 66.5. The molecule has 1 radical (unpaired) electrons. The molecule has 13 aromatic rings. The van der Waals surface area contributed by atoms with Crippen LogP contribution in [0.1, 0.15) is 192 Å². The maximum absolute atomic E-state index is 12.7. The monoisotopic (exact) mass is 1550 g/mol. The van der Waals surface area contributed by atoms with Crippen molar-refractivity contribution in [3.8, 4) is 39.5 Å². The van der Waals surface area contributed by atoms with Crippen molar-refractivity contribution in [2.75, 3.05) is 9.80 Å². The summed E-state index contributed by atoms with van der Waals surface area (Å²) in [5, 5.41) is 2.11. The van der Waals surface area contributed by atoms with Crippen molar-refractivity contribution < 1.29 is 28.9 Å². The number of rotatable bonds is 6. The third-order valence-electron chi connectivity index (χ3n) is 22.2. The average molecular weight is 1550 g/mol. The molecule has 17 rings (SSSR count). The Morgan fingerprint density at radius 3 is 1.80 bits per heavy atom. The van der Waals surface area contributed by atoms with Crippen LogP contribution in [0.15, 0.2) is 190 Å².